The molecule has 0 unspecified atom stereocenters. The van der Waals surface area contributed by atoms with Crippen LogP contribution in [-0.4, -0.2) is 34.1 Å². The van der Waals surface area contributed by atoms with Crippen LogP contribution in [0.15, 0.2) is 23.5 Å². The Morgan fingerprint density at radius 3 is 2.44 bits per heavy atom. The minimum Gasteiger partial charge on any atom is -0.389 e. The minimum atomic E-state index is -0.352. The normalized spacial score (nSPS) is 18.6. The highest BCUT2D eigenvalue weighted by Gasteiger charge is 2.24. The number of allylic oxidation sites excluding steroid dienone is 4. The molecule has 0 aliphatic carbocycles. The molecule has 90 valence electrons. The summed E-state index contributed by atoms with van der Waals surface area (Å²) < 4.78 is 0. The summed E-state index contributed by atoms with van der Waals surface area (Å²) >= 11 is 0. The Bertz CT molecular complexity index is 317. The van der Waals surface area contributed by atoms with E-state index in [-0.39, 0.29) is 16.7 Å². The van der Waals surface area contributed by atoms with Crippen LogP contribution in [0.4, 0.5) is 0 Å². The number of hydrogen-bond acceptors (Lipinski definition) is 4. The summed E-state index contributed by atoms with van der Waals surface area (Å²) in [7, 11) is 0. The molecule has 1 aliphatic rings. The SMILES string of the molecule is CC/C(=C\C=C(/CC)[N+](=O)[O-])N1CC(O)C1. The van der Waals surface area contributed by atoms with Crippen molar-refractivity contribution >= 4 is 0 Å². The van der Waals surface area contributed by atoms with Crippen molar-refractivity contribution in [1.29, 1.82) is 0 Å². The number of hydrogen-bond donors (Lipinski definition) is 1. The number of aliphatic hydroxyl groups is 1. The van der Waals surface area contributed by atoms with Gasteiger partial charge in [-0.2, -0.15) is 0 Å². The Kier molecular flexibility index (Phi) is 4.49. The lowest BCUT2D eigenvalue weighted by molar-refractivity contribution is -0.427. The topological polar surface area (TPSA) is 66.6 Å². The fraction of sp³-hybridized carbons (Fsp3) is 0.636. The second-order valence-corrected chi connectivity index (χ2v) is 3.84. The number of likely N-dealkylation sites (tertiary alicyclic amines) is 1. The van der Waals surface area contributed by atoms with Crippen LogP contribution in [0.1, 0.15) is 26.7 Å². The van der Waals surface area contributed by atoms with Gasteiger partial charge in [0.05, 0.1) is 11.0 Å². The van der Waals surface area contributed by atoms with Gasteiger partial charge in [0, 0.05) is 31.3 Å². The highest BCUT2D eigenvalue weighted by molar-refractivity contribution is 5.16. The molecule has 16 heavy (non-hydrogen) atoms. The van der Waals surface area contributed by atoms with Gasteiger partial charge in [-0.05, 0) is 12.5 Å². The van der Waals surface area contributed by atoms with E-state index < -0.39 is 0 Å². The number of aliphatic hydroxyl groups excluding tert-OH is 1. The zero-order valence-electron chi connectivity index (χ0n) is 9.72. The van der Waals surface area contributed by atoms with Crippen LogP contribution in [0.25, 0.3) is 0 Å². The number of nitro groups is 1. The Balaban J connectivity index is 2.68. The van der Waals surface area contributed by atoms with E-state index in [0.29, 0.717) is 19.5 Å². The van der Waals surface area contributed by atoms with Gasteiger partial charge in [-0.1, -0.05) is 13.8 Å². The maximum atomic E-state index is 10.6. The summed E-state index contributed by atoms with van der Waals surface area (Å²) in [5.74, 6) is 0. The summed E-state index contributed by atoms with van der Waals surface area (Å²) in [5.41, 5.74) is 1.25. The van der Waals surface area contributed by atoms with Crippen LogP contribution in [0, 0.1) is 10.1 Å². The maximum absolute atomic E-state index is 10.6. The van der Waals surface area contributed by atoms with Crippen LogP contribution in [0.3, 0.4) is 0 Å². The maximum Gasteiger partial charge on any atom is 0.246 e. The summed E-state index contributed by atoms with van der Waals surface area (Å²) in [6, 6.07) is 0. The third kappa shape index (κ3) is 3.06. The van der Waals surface area contributed by atoms with Gasteiger partial charge < -0.3 is 10.0 Å². The highest BCUT2D eigenvalue weighted by atomic mass is 16.6. The summed E-state index contributed by atoms with van der Waals surface area (Å²) in [4.78, 5) is 12.3. The molecular formula is C11H18N2O3. The zero-order valence-corrected chi connectivity index (χ0v) is 9.72. The van der Waals surface area contributed by atoms with Crippen molar-refractivity contribution in [2.45, 2.75) is 32.8 Å². The molecule has 1 rings (SSSR count). The molecule has 0 aromatic rings. The minimum absolute atomic E-state index is 0.215. The molecule has 1 N–H and O–H groups in total. The van der Waals surface area contributed by atoms with Gasteiger partial charge in [0.25, 0.3) is 0 Å². The molecule has 1 heterocycles. The summed E-state index contributed by atoms with van der Waals surface area (Å²) in [5, 5.41) is 19.8. The second-order valence-electron chi connectivity index (χ2n) is 3.84. The smallest absolute Gasteiger partial charge is 0.246 e. The van der Waals surface area contributed by atoms with Crippen LogP contribution in [-0.2, 0) is 0 Å². The second kappa shape index (κ2) is 5.65. The molecule has 5 heteroatoms. The average Bonchev–Trinajstić information content (AvgIpc) is 2.20. The van der Waals surface area contributed by atoms with E-state index in [9.17, 15) is 15.2 Å². The zero-order chi connectivity index (χ0) is 12.1. The Morgan fingerprint density at radius 2 is 2.06 bits per heavy atom. The molecule has 1 saturated heterocycles. The van der Waals surface area contributed by atoms with Gasteiger partial charge in [0.15, 0.2) is 0 Å². The van der Waals surface area contributed by atoms with E-state index in [1.807, 2.05) is 11.8 Å². The Labute approximate surface area is 95.2 Å². The third-order valence-electron chi connectivity index (χ3n) is 2.70. The fourth-order valence-corrected chi connectivity index (χ4v) is 1.64. The number of rotatable bonds is 5. The molecule has 0 saturated carbocycles. The molecule has 0 spiro atoms. The van der Waals surface area contributed by atoms with E-state index in [4.69, 9.17) is 0 Å². The molecular weight excluding hydrogens is 208 g/mol. The first kappa shape index (κ1) is 12.7. The van der Waals surface area contributed by atoms with Crippen molar-refractivity contribution in [3.63, 3.8) is 0 Å². The van der Waals surface area contributed by atoms with Gasteiger partial charge in [-0.15, -0.1) is 0 Å². The van der Waals surface area contributed by atoms with Crippen molar-refractivity contribution < 1.29 is 10.0 Å². The van der Waals surface area contributed by atoms with Gasteiger partial charge >= 0.3 is 0 Å². The predicted molar refractivity (Wildman–Crippen MR) is 61.3 cm³/mol. The molecule has 1 aliphatic heterocycles. The molecule has 0 aromatic carbocycles. The molecule has 0 bridgehead atoms. The van der Waals surface area contributed by atoms with Gasteiger partial charge in [0.2, 0.25) is 5.70 Å². The predicted octanol–water partition coefficient (Wildman–Crippen LogP) is 1.53. The first-order chi connectivity index (χ1) is 7.58. The molecule has 0 atom stereocenters. The van der Waals surface area contributed by atoms with Crippen molar-refractivity contribution in [2.75, 3.05) is 13.1 Å². The van der Waals surface area contributed by atoms with Crippen LogP contribution in [0.5, 0.6) is 0 Å². The molecule has 5 nitrogen and oxygen atoms in total. The van der Waals surface area contributed by atoms with E-state index in [2.05, 4.69) is 0 Å². The monoisotopic (exact) mass is 226 g/mol. The number of β-amino-alcohol motifs (C(OH)–C–C–N with tert-alkyl or cyclic N) is 1. The van der Waals surface area contributed by atoms with Crippen molar-refractivity contribution in [1.82, 2.24) is 4.90 Å². The third-order valence-corrected chi connectivity index (χ3v) is 2.70. The summed E-state index contributed by atoms with van der Waals surface area (Å²) in [6.45, 7) is 5.03. The van der Waals surface area contributed by atoms with Crippen LogP contribution >= 0.6 is 0 Å². The average molecular weight is 226 g/mol. The Morgan fingerprint density at radius 1 is 1.44 bits per heavy atom. The molecule has 0 amide bonds. The number of nitrogens with zero attached hydrogens (tertiary/aromatic N) is 2. The standard InChI is InChI=1S/C11H18N2O3/c1-3-9(12-7-11(14)8-12)5-6-10(4-2)13(15)16/h5-6,11,14H,3-4,7-8H2,1-2H3/b9-5+,10-6+. The van der Waals surface area contributed by atoms with Gasteiger partial charge in [-0.25, -0.2) is 0 Å². The van der Waals surface area contributed by atoms with E-state index in [1.54, 1.807) is 19.1 Å². The van der Waals surface area contributed by atoms with Gasteiger partial charge in [-0.3, -0.25) is 10.1 Å². The first-order valence-electron chi connectivity index (χ1n) is 5.55. The lowest BCUT2D eigenvalue weighted by atomic mass is 10.1. The van der Waals surface area contributed by atoms with Crippen LogP contribution < -0.4 is 0 Å². The van der Waals surface area contributed by atoms with Gasteiger partial charge in [0.1, 0.15) is 0 Å². The van der Waals surface area contributed by atoms with E-state index >= 15 is 0 Å². The van der Waals surface area contributed by atoms with E-state index in [1.165, 1.54) is 0 Å². The van der Waals surface area contributed by atoms with Crippen molar-refractivity contribution in [3.05, 3.63) is 33.7 Å². The largest absolute Gasteiger partial charge is 0.389 e. The lowest BCUT2D eigenvalue weighted by Gasteiger charge is -2.39. The summed E-state index contributed by atoms with van der Waals surface area (Å²) in [6.07, 6.45) is 4.33. The lowest BCUT2D eigenvalue weighted by Crippen LogP contribution is -2.49. The van der Waals surface area contributed by atoms with Crippen molar-refractivity contribution in [3.8, 4) is 0 Å². The highest BCUT2D eigenvalue weighted by Crippen LogP contribution is 2.18. The fourth-order valence-electron chi connectivity index (χ4n) is 1.64. The van der Waals surface area contributed by atoms with Crippen LogP contribution in [0.2, 0.25) is 0 Å². The first-order valence-corrected chi connectivity index (χ1v) is 5.55. The molecule has 0 radical (unpaired) electrons. The Hall–Kier alpha value is -1.36. The molecule has 0 aromatic heterocycles. The molecule has 1 fully saturated rings. The van der Waals surface area contributed by atoms with E-state index in [0.717, 1.165) is 12.1 Å². The van der Waals surface area contributed by atoms with Crippen molar-refractivity contribution in [2.24, 2.45) is 0 Å². The quantitative estimate of drug-likeness (QED) is 0.438.